The van der Waals surface area contributed by atoms with Crippen molar-refractivity contribution in [2.75, 3.05) is 18.9 Å². The molecule has 0 bridgehead atoms. The largest absolute Gasteiger partial charge is 0.491 e. The van der Waals surface area contributed by atoms with Gasteiger partial charge in [-0.15, -0.1) is 11.8 Å². The molecule has 1 aliphatic rings. The van der Waals surface area contributed by atoms with E-state index in [0.717, 1.165) is 12.2 Å². The highest BCUT2D eigenvalue weighted by molar-refractivity contribution is 7.99. The Kier molecular flexibility index (Phi) is 6.13. The molecule has 0 radical (unpaired) electrons. The second-order valence-electron chi connectivity index (χ2n) is 6.30. The number of ketones is 1. The molecule has 0 saturated carbocycles. The van der Waals surface area contributed by atoms with Gasteiger partial charge in [-0.3, -0.25) is 4.79 Å². The van der Waals surface area contributed by atoms with Crippen LogP contribution in [0.2, 0.25) is 0 Å². The van der Waals surface area contributed by atoms with Gasteiger partial charge in [0.15, 0.2) is 5.78 Å². The Bertz CT molecular complexity index is 717. The summed E-state index contributed by atoms with van der Waals surface area (Å²) in [4.78, 5) is 12.6. The Balaban J connectivity index is 1.47. The first-order chi connectivity index (χ1) is 12.1. The topological polar surface area (TPSA) is 63.1 Å². The number of aliphatic hydroxyl groups excluding tert-OH is 1. The second-order valence-corrected chi connectivity index (χ2v) is 7.44. The van der Waals surface area contributed by atoms with Gasteiger partial charge >= 0.3 is 0 Å². The van der Waals surface area contributed by atoms with Gasteiger partial charge in [0, 0.05) is 28.2 Å². The van der Waals surface area contributed by atoms with Gasteiger partial charge < -0.3 is 15.2 Å². The van der Waals surface area contributed by atoms with Gasteiger partial charge in [-0.05, 0) is 37.3 Å². The summed E-state index contributed by atoms with van der Waals surface area (Å²) in [5.41, 5.74) is 2.03. The molecule has 0 aliphatic carbocycles. The first kappa shape index (κ1) is 18.0. The van der Waals surface area contributed by atoms with Gasteiger partial charge in [-0.2, -0.15) is 0 Å². The summed E-state index contributed by atoms with van der Waals surface area (Å²) in [6.45, 7) is 2.39. The lowest BCUT2D eigenvalue weighted by Crippen LogP contribution is -2.87. The standard InChI is InChI=1S/C20H23NO3S/c1-14(22)15-6-8-17(9-7-15)24-13-16(23)12-21-19-10-11-25-20-5-3-2-4-18(19)20/h2-9,16,19,21,23H,10-13H2,1H3/p+1/t16-,19-/m0/s1. The first-order valence-electron chi connectivity index (χ1n) is 8.60. The van der Waals surface area contributed by atoms with Crippen molar-refractivity contribution >= 4 is 17.5 Å². The van der Waals surface area contributed by atoms with E-state index in [1.807, 2.05) is 11.8 Å². The summed E-state index contributed by atoms with van der Waals surface area (Å²) in [5, 5.41) is 12.4. The second kappa shape index (κ2) is 8.52. The van der Waals surface area contributed by atoms with Gasteiger partial charge in [0.1, 0.15) is 31.0 Å². The maximum absolute atomic E-state index is 11.3. The average molecular weight is 358 g/mol. The molecule has 0 spiro atoms. The molecule has 2 aromatic carbocycles. The molecule has 2 aromatic rings. The van der Waals surface area contributed by atoms with E-state index in [1.165, 1.54) is 17.4 Å². The number of rotatable bonds is 7. The third kappa shape index (κ3) is 4.84. The van der Waals surface area contributed by atoms with E-state index >= 15 is 0 Å². The van der Waals surface area contributed by atoms with Crippen LogP contribution in [0.5, 0.6) is 5.75 Å². The van der Waals surface area contributed by atoms with Crippen LogP contribution in [0.25, 0.3) is 0 Å². The van der Waals surface area contributed by atoms with Gasteiger partial charge in [0.2, 0.25) is 0 Å². The third-order valence-corrected chi connectivity index (χ3v) is 5.52. The average Bonchev–Trinajstić information content (AvgIpc) is 2.65. The number of ether oxygens (including phenoxy) is 1. The van der Waals surface area contributed by atoms with Crippen LogP contribution in [0, 0.1) is 0 Å². The van der Waals surface area contributed by atoms with Crippen molar-refractivity contribution in [1.82, 2.24) is 0 Å². The van der Waals surface area contributed by atoms with E-state index in [4.69, 9.17) is 4.74 Å². The molecule has 3 N–H and O–H groups in total. The minimum atomic E-state index is -0.533. The summed E-state index contributed by atoms with van der Waals surface area (Å²) in [5.74, 6) is 1.82. The molecule has 2 atom stereocenters. The molecule has 1 aliphatic heterocycles. The van der Waals surface area contributed by atoms with E-state index < -0.39 is 6.10 Å². The predicted octanol–water partition coefficient (Wildman–Crippen LogP) is 2.43. The number of carbonyl (C=O) groups excluding carboxylic acids is 1. The molecule has 0 saturated heterocycles. The number of nitrogens with two attached hydrogens (primary N) is 1. The van der Waals surface area contributed by atoms with E-state index in [0.29, 0.717) is 23.9 Å². The number of thioether (sulfide) groups is 1. The molecule has 132 valence electrons. The minimum absolute atomic E-state index is 0.0344. The fourth-order valence-corrected chi connectivity index (χ4v) is 4.13. The molecular formula is C20H24NO3S+. The smallest absolute Gasteiger partial charge is 0.159 e. The van der Waals surface area contributed by atoms with Crippen molar-refractivity contribution in [2.24, 2.45) is 0 Å². The molecule has 0 amide bonds. The van der Waals surface area contributed by atoms with Gasteiger partial charge in [0.25, 0.3) is 0 Å². The fraction of sp³-hybridized carbons (Fsp3) is 0.350. The number of carbonyl (C=O) groups is 1. The lowest BCUT2D eigenvalue weighted by atomic mass is 10.0. The van der Waals surface area contributed by atoms with Crippen LogP contribution in [0.15, 0.2) is 53.4 Å². The van der Waals surface area contributed by atoms with E-state index in [-0.39, 0.29) is 12.4 Å². The predicted molar refractivity (Wildman–Crippen MR) is 99.3 cm³/mol. The summed E-state index contributed by atoms with van der Waals surface area (Å²) in [7, 11) is 0. The van der Waals surface area contributed by atoms with Crippen molar-refractivity contribution in [1.29, 1.82) is 0 Å². The van der Waals surface area contributed by atoms with Crippen LogP contribution >= 0.6 is 11.8 Å². The number of aliphatic hydroxyl groups is 1. The van der Waals surface area contributed by atoms with Crippen LogP contribution in [0.1, 0.15) is 35.3 Å². The van der Waals surface area contributed by atoms with Crippen molar-refractivity contribution < 1.29 is 20.0 Å². The van der Waals surface area contributed by atoms with Crippen LogP contribution in [0.3, 0.4) is 0 Å². The van der Waals surface area contributed by atoms with Crippen LogP contribution in [-0.4, -0.2) is 35.9 Å². The van der Waals surface area contributed by atoms with Gasteiger partial charge in [-0.25, -0.2) is 0 Å². The summed E-state index contributed by atoms with van der Waals surface area (Å²) in [6, 6.07) is 15.9. The van der Waals surface area contributed by atoms with E-state index in [9.17, 15) is 9.90 Å². The highest BCUT2D eigenvalue weighted by Gasteiger charge is 2.23. The number of benzene rings is 2. The molecule has 5 heteroatoms. The monoisotopic (exact) mass is 358 g/mol. The Morgan fingerprint density at radius 3 is 2.80 bits per heavy atom. The van der Waals surface area contributed by atoms with Crippen molar-refractivity contribution in [3.63, 3.8) is 0 Å². The third-order valence-electron chi connectivity index (χ3n) is 4.40. The number of Topliss-reactive ketones (excluding diaryl/α,β-unsaturated/α-hetero) is 1. The van der Waals surface area contributed by atoms with E-state index in [2.05, 4.69) is 29.6 Å². The first-order valence-corrected chi connectivity index (χ1v) is 9.59. The lowest BCUT2D eigenvalue weighted by Gasteiger charge is -2.24. The summed E-state index contributed by atoms with van der Waals surface area (Å²) < 4.78 is 5.63. The Hall–Kier alpha value is -1.82. The molecule has 0 unspecified atom stereocenters. The maximum atomic E-state index is 11.3. The molecule has 25 heavy (non-hydrogen) atoms. The van der Waals surface area contributed by atoms with E-state index in [1.54, 1.807) is 24.3 Å². The highest BCUT2D eigenvalue weighted by atomic mass is 32.2. The molecule has 4 nitrogen and oxygen atoms in total. The number of hydrogen-bond donors (Lipinski definition) is 2. The normalized spacial score (nSPS) is 17.6. The minimum Gasteiger partial charge on any atom is -0.491 e. The van der Waals surface area contributed by atoms with Crippen molar-refractivity contribution in [3.05, 3.63) is 59.7 Å². The lowest BCUT2D eigenvalue weighted by molar-refractivity contribution is -0.702. The zero-order chi connectivity index (χ0) is 17.6. The van der Waals surface area contributed by atoms with Gasteiger partial charge in [-0.1, -0.05) is 18.2 Å². The van der Waals surface area contributed by atoms with Crippen LogP contribution in [-0.2, 0) is 0 Å². The van der Waals surface area contributed by atoms with Crippen molar-refractivity contribution in [2.45, 2.75) is 30.4 Å². The summed E-state index contributed by atoms with van der Waals surface area (Å²) >= 11 is 1.91. The number of quaternary nitrogens is 1. The Labute approximate surface area is 152 Å². The fourth-order valence-electron chi connectivity index (χ4n) is 2.98. The SMILES string of the molecule is CC(=O)c1ccc(OC[C@@H](O)C[NH2+][C@H]2CCSc3ccccc32)cc1. The molecule has 0 fully saturated rings. The van der Waals surface area contributed by atoms with Gasteiger partial charge in [0.05, 0.1) is 0 Å². The zero-order valence-electron chi connectivity index (χ0n) is 14.4. The van der Waals surface area contributed by atoms with Crippen molar-refractivity contribution in [3.8, 4) is 5.75 Å². The van der Waals surface area contributed by atoms with Crippen LogP contribution < -0.4 is 10.1 Å². The molecule has 3 rings (SSSR count). The molecular weight excluding hydrogens is 334 g/mol. The molecule has 0 aromatic heterocycles. The van der Waals surface area contributed by atoms with Crippen LogP contribution in [0.4, 0.5) is 0 Å². The Morgan fingerprint density at radius 2 is 2.04 bits per heavy atom. The zero-order valence-corrected chi connectivity index (χ0v) is 15.2. The maximum Gasteiger partial charge on any atom is 0.159 e. The molecule has 1 heterocycles. The Morgan fingerprint density at radius 1 is 1.28 bits per heavy atom. The number of fused-ring (bicyclic) bond motifs is 1. The quantitative estimate of drug-likeness (QED) is 0.746. The highest BCUT2D eigenvalue weighted by Crippen LogP contribution is 2.33. The summed E-state index contributed by atoms with van der Waals surface area (Å²) in [6.07, 6.45) is 0.580. The number of hydrogen-bond acceptors (Lipinski definition) is 4.